The molecule has 5 nitrogen and oxygen atoms in total. The summed E-state index contributed by atoms with van der Waals surface area (Å²) in [5.74, 6) is -0.0683. The number of nitrogens with zero attached hydrogens (tertiary/aromatic N) is 2. The normalized spacial score (nSPS) is 10.5. The third-order valence-electron chi connectivity index (χ3n) is 4.69. The van der Waals surface area contributed by atoms with Crippen molar-refractivity contribution in [3.63, 3.8) is 0 Å². The van der Waals surface area contributed by atoms with Gasteiger partial charge in [-0.05, 0) is 79.1 Å². The molecule has 0 saturated heterocycles. The average Bonchev–Trinajstić information content (AvgIpc) is 2.74. The summed E-state index contributed by atoms with van der Waals surface area (Å²) in [4.78, 5) is 21.1. The number of nitrogens with one attached hydrogen (secondary N) is 2. The van der Waals surface area contributed by atoms with Gasteiger partial charge in [0.05, 0.1) is 0 Å². The first-order valence-electron chi connectivity index (χ1n) is 9.81. The number of aromatic nitrogens is 2. The van der Waals surface area contributed by atoms with E-state index in [4.69, 9.17) is 0 Å². The fourth-order valence-corrected chi connectivity index (χ4v) is 3.29. The van der Waals surface area contributed by atoms with Crippen molar-refractivity contribution in [2.45, 2.75) is 13.8 Å². The molecule has 0 bridgehead atoms. The Morgan fingerprint density at radius 2 is 1.48 bits per heavy atom. The number of rotatable bonds is 5. The van der Waals surface area contributed by atoms with Crippen LogP contribution in [0.4, 0.5) is 21.7 Å². The zero-order valence-corrected chi connectivity index (χ0v) is 17.2. The van der Waals surface area contributed by atoms with Crippen molar-refractivity contribution in [1.29, 1.82) is 0 Å². The molecule has 0 aliphatic carbocycles. The fraction of sp³-hybridized carbons (Fsp3) is 0.0800. The van der Waals surface area contributed by atoms with E-state index < -0.39 is 0 Å². The van der Waals surface area contributed by atoms with E-state index >= 15 is 0 Å². The summed E-state index contributed by atoms with van der Waals surface area (Å²) in [6.07, 6.45) is 3.27. The van der Waals surface area contributed by atoms with Crippen molar-refractivity contribution in [2.24, 2.45) is 0 Å². The summed E-state index contributed by atoms with van der Waals surface area (Å²) < 4.78 is 13.4. The molecule has 0 fully saturated rings. The van der Waals surface area contributed by atoms with Gasteiger partial charge in [0, 0.05) is 34.9 Å². The lowest BCUT2D eigenvalue weighted by molar-refractivity contribution is 0.102. The Kier molecular flexibility index (Phi) is 5.71. The molecule has 0 aliphatic heterocycles. The number of aryl methyl sites for hydroxylation is 2. The van der Waals surface area contributed by atoms with E-state index in [2.05, 4.69) is 26.7 Å². The highest BCUT2D eigenvalue weighted by atomic mass is 19.1. The lowest BCUT2D eigenvalue weighted by atomic mass is 10.1. The van der Waals surface area contributed by atoms with E-state index in [9.17, 15) is 9.18 Å². The standard InChI is InChI=1S/C25H21FN4O/c1-16-10-17(2)12-23(11-16)29-24(31)18-6-8-22(9-7-18)30-25-27-14-20(15-28-25)19-4-3-5-21(26)13-19/h3-15H,1-2H3,(H,29,31)(H,27,28,30). The van der Waals surface area contributed by atoms with Crippen molar-refractivity contribution in [1.82, 2.24) is 9.97 Å². The maximum atomic E-state index is 13.4. The van der Waals surface area contributed by atoms with E-state index in [1.165, 1.54) is 12.1 Å². The van der Waals surface area contributed by atoms with Crippen LogP contribution in [0, 0.1) is 19.7 Å². The van der Waals surface area contributed by atoms with Crippen LogP contribution in [-0.2, 0) is 0 Å². The highest BCUT2D eigenvalue weighted by molar-refractivity contribution is 6.04. The lowest BCUT2D eigenvalue weighted by Gasteiger charge is -2.09. The minimum Gasteiger partial charge on any atom is -0.324 e. The second kappa shape index (κ2) is 8.75. The van der Waals surface area contributed by atoms with E-state index in [1.54, 1.807) is 48.8 Å². The van der Waals surface area contributed by atoms with Crippen LogP contribution in [0.5, 0.6) is 0 Å². The Balaban J connectivity index is 1.41. The second-order valence-electron chi connectivity index (χ2n) is 7.34. The first kappa shape index (κ1) is 20.2. The van der Waals surface area contributed by atoms with Gasteiger partial charge < -0.3 is 10.6 Å². The van der Waals surface area contributed by atoms with E-state index in [-0.39, 0.29) is 11.7 Å². The van der Waals surface area contributed by atoms with Gasteiger partial charge in [-0.1, -0.05) is 18.2 Å². The first-order chi connectivity index (χ1) is 15.0. The molecule has 6 heteroatoms. The Hall–Kier alpha value is -4.06. The van der Waals surface area contributed by atoms with Gasteiger partial charge >= 0.3 is 0 Å². The van der Waals surface area contributed by atoms with Crippen LogP contribution in [0.15, 0.2) is 79.1 Å². The van der Waals surface area contributed by atoms with Crippen molar-refractivity contribution >= 4 is 23.2 Å². The van der Waals surface area contributed by atoms with Crippen LogP contribution in [-0.4, -0.2) is 15.9 Å². The number of benzene rings is 3. The van der Waals surface area contributed by atoms with Crippen LogP contribution < -0.4 is 10.6 Å². The van der Waals surface area contributed by atoms with E-state index in [0.717, 1.165) is 28.1 Å². The van der Waals surface area contributed by atoms with Crippen LogP contribution in [0.25, 0.3) is 11.1 Å². The minimum absolute atomic E-state index is 0.174. The molecule has 2 N–H and O–H groups in total. The molecule has 0 saturated carbocycles. The van der Waals surface area contributed by atoms with Gasteiger partial charge in [0.2, 0.25) is 5.95 Å². The summed E-state index contributed by atoms with van der Waals surface area (Å²) in [5, 5.41) is 6.02. The number of hydrogen-bond acceptors (Lipinski definition) is 4. The summed E-state index contributed by atoms with van der Waals surface area (Å²) in [6, 6.07) is 19.3. The second-order valence-corrected chi connectivity index (χ2v) is 7.34. The Morgan fingerprint density at radius 1 is 0.806 bits per heavy atom. The predicted molar refractivity (Wildman–Crippen MR) is 121 cm³/mol. The van der Waals surface area contributed by atoms with Crippen LogP contribution >= 0.6 is 0 Å². The minimum atomic E-state index is -0.304. The number of anilines is 3. The molecule has 1 amide bonds. The maximum absolute atomic E-state index is 13.4. The molecule has 1 aromatic heterocycles. The van der Waals surface area contributed by atoms with Gasteiger partial charge in [-0.15, -0.1) is 0 Å². The molecule has 0 unspecified atom stereocenters. The molecular weight excluding hydrogens is 391 g/mol. The van der Waals surface area contributed by atoms with Gasteiger partial charge in [-0.2, -0.15) is 0 Å². The van der Waals surface area contributed by atoms with Crippen molar-refractivity contribution in [3.05, 3.63) is 102 Å². The van der Waals surface area contributed by atoms with Crippen LogP contribution in [0.2, 0.25) is 0 Å². The predicted octanol–water partition coefficient (Wildman–Crippen LogP) is 5.90. The van der Waals surface area contributed by atoms with Crippen molar-refractivity contribution in [2.75, 3.05) is 10.6 Å². The molecule has 0 atom stereocenters. The smallest absolute Gasteiger partial charge is 0.255 e. The molecule has 4 rings (SSSR count). The number of halogens is 1. The maximum Gasteiger partial charge on any atom is 0.255 e. The van der Waals surface area contributed by atoms with E-state index in [1.807, 2.05) is 26.0 Å². The van der Waals surface area contributed by atoms with Gasteiger partial charge in [0.15, 0.2) is 0 Å². The van der Waals surface area contributed by atoms with Gasteiger partial charge in [-0.25, -0.2) is 14.4 Å². The lowest BCUT2D eigenvalue weighted by Crippen LogP contribution is -2.12. The zero-order valence-electron chi connectivity index (χ0n) is 17.2. The van der Waals surface area contributed by atoms with Gasteiger partial charge in [0.1, 0.15) is 5.82 Å². The number of hydrogen-bond donors (Lipinski definition) is 2. The summed E-state index contributed by atoms with van der Waals surface area (Å²) >= 11 is 0. The number of carbonyl (C=O) groups excluding carboxylic acids is 1. The summed E-state index contributed by atoms with van der Waals surface area (Å²) in [6.45, 7) is 3.99. The highest BCUT2D eigenvalue weighted by Crippen LogP contribution is 2.21. The Bertz CT molecular complexity index is 1200. The van der Waals surface area contributed by atoms with Crippen LogP contribution in [0.1, 0.15) is 21.5 Å². The Morgan fingerprint density at radius 3 is 2.13 bits per heavy atom. The number of amides is 1. The Labute approximate surface area is 180 Å². The van der Waals surface area contributed by atoms with Gasteiger partial charge in [0.25, 0.3) is 5.91 Å². The molecule has 0 spiro atoms. The van der Waals surface area contributed by atoms with E-state index in [0.29, 0.717) is 17.1 Å². The summed E-state index contributed by atoms with van der Waals surface area (Å²) in [5.41, 5.74) is 5.70. The third kappa shape index (κ3) is 5.11. The molecule has 4 aromatic rings. The summed E-state index contributed by atoms with van der Waals surface area (Å²) in [7, 11) is 0. The van der Waals surface area contributed by atoms with Crippen molar-refractivity contribution < 1.29 is 9.18 Å². The monoisotopic (exact) mass is 412 g/mol. The molecule has 1 heterocycles. The van der Waals surface area contributed by atoms with Gasteiger partial charge in [-0.3, -0.25) is 4.79 Å². The van der Waals surface area contributed by atoms with Crippen LogP contribution in [0.3, 0.4) is 0 Å². The molecule has 0 aliphatic rings. The molecule has 3 aromatic carbocycles. The molecule has 154 valence electrons. The number of carbonyl (C=O) groups is 1. The third-order valence-corrected chi connectivity index (χ3v) is 4.69. The SMILES string of the molecule is Cc1cc(C)cc(NC(=O)c2ccc(Nc3ncc(-c4cccc(F)c4)cn3)cc2)c1. The molecule has 31 heavy (non-hydrogen) atoms. The largest absolute Gasteiger partial charge is 0.324 e. The average molecular weight is 412 g/mol. The highest BCUT2D eigenvalue weighted by Gasteiger charge is 2.08. The topological polar surface area (TPSA) is 66.9 Å². The first-order valence-corrected chi connectivity index (χ1v) is 9.81. The quantitative estimate of drug-likeness (QED) is 0.429. The molecule has 0 radical (unpaired) electrons. The fourth-order valence-electron chi connectivity index (χ4n) is 3.29. The zero-order chi connectivity index (χ0) is 21.8. The molecular formula is C25H21FN4O. The van der Waals surface area contributed by atoms with Crippen molar-refractivity contribution in [3.8, 4) is 11.1 Å².